The van der Waals surface area contributed by atoms with Crippen molar-refractivity contribution in [2.75, 3.05) is 6.61 Å². The van der Waals surface area contributed by atoms with Gasteiger partial charge in [-0.15, -0.1) is 0 Å². The lowest BCUT2D eigenvalue weighted by Gasteiger charge is -2.08. The van der Waals surface area contributed by atoms with E-state index in [1.807, 2.05) is 0 Å². The molecule has 1 aromatic rings. The molecule has 0 aliphatic carbocycles. The van der Waals surface area contributed by atoms with Gasteiger partial charge in [0.1, 0.15) is 5.75 Å². The molecule has 27 heavy (non-hydrogen) atoms. The highest BCUT2D eigenvalue weighted by molar-refractivity contribution is 5.28. The molecule has 0 N–H and O–H groups in total. The molecule has 0 aliphatic heterocycles. The topological polar surface area (TPSA) is 9.23 Å². The highest BCUT2D eigenvalue weighted by Crippen LogP contribution is 2.17. The highest BCUT2D eigenvalue weighted by Gasteiger charge is 1.99. The summed E-state index contributed by atoms with van der Waals surface area (Å²) in [6.07, 6.45) is 23.2. The third kappa shape index (κ3) is 14.7. The Labute approximate surface area is 170 Å². The third-order valence-corrected chi connectivity index (χ3v) is 5.48. The number of unbranched alkanes of at least 4 members (excludes halogenated alkanes) is 14. The maximum absolute atomic E-state index is 5.97. The van der Waals surface area contributed by atoms with Crippen LogP contribution in [-0.4, -0.2) is 6.61 Å². The average Bonchev–Trinajstić information content (AvgIpc) is 2.69. The van der Waals surface area contributed by atoms with Crippen molar-refractivity contribution in [2.24, 2.45) is 0 Å². The molecule has 0 saturated carbocycles. The van der Waals surface area contributed by atoms with Gasteiger partial charge in [0.05, 0.1) is 6.61 Å². The van der Waals surface area contributed by atoms with Gasteiger partial charge >= 0.3 is 0 Å². The summed E-state index contributed by atoms with van der Waals surface area (Å²) >= 11 is 0. The van der Waals surface area contributed by atoms with E-state index in [9.17, 15) is 0 Å². The zero-order chi connectivity index (χ0) is 19.4. The summed E-state index contributed by atoms with van der Waals surface area (Å²) in [5, 5.41) is 0. The fraction of sp³-hybridized carbons (Fsp3) is 0.769. The lowest BCUT2D eigenvalue weighted by molar-refractivity contribution is 0.304. The molecule has 0 aromatic heterocycles. The molecule has 0 spiro atoms. The van der Waals surface area contributed by atoms with E-state index >= 15 is 0 Å². The summed E-state index contributed by atoms with van der Waals surface area (Å²) in [6, 6.07) is 8.73. The van der Waals surface area contributed by atoms with Gasteiger partial charge in [0.15, 0.2) is 0 Å². The predicted molar refractivity (Wildman–Crippen MR) is 121 cm³/mol. The third-order valence-electron chi connectivity index (χ3n) is 5.48. The molecule has 0 saturated heterocycles. The van der Waals surface area contributed by atoms with Gasteiger partial charge in [-0.25, -0.2) is 0 Å². The monoisotopic (exact) mass is 374 g/mol. The van der Waals surface area contributed by atoms with Gasteiger partial charge in [-0.05, 0) is 37.0 Å². The molecule has 0 amide bonds. The van der Waals surface area contributed by atoms with E-state index in [1.165, 1.54) is 115 Å². The first-order valence-electron chi connectivity index (χ1n) is 12.1. The number of ether oxygens (including phenoxy) is 1. The van der Waals surface area contributed by atoms with Crippen LogP contribution in [0.3, 0.4) is 0 Å². The van der Waals surface area contributed by atoms with Crippen molar-refractivity contribution >= 4 is 0 Å². The summed E-state index contributed by atoms with van der Waals surface area (Å²) in [7, 11) is 0. The molecule has 0 heterocycles. The summed E-state index contributed by atoms with van der Waals surface area (Å²) < 4.78 is 5.97. The zero-order valence-corrected chi connectivity index (χ0v) is 18.4. The minimum atomic E-state index is 0.872. The molecule has 1 nitrogen and oxygen atoms in total. The second kappa shape index (κ2) is 18.4. The summed E-state index contributed by atoms with van der Waals surface area (Å²) in [5.41, 5.74) is 1.43. The van der Waals surface area contributed by atoms with Crippen molar-refractivity contribution in [2.45, 2.75) is 123 Å². The van der Waals surface area contributed by atoms with E-state index in [0.717, 1.165) is 12.4 Å². The fourth-order valence-electron chi connectivity index (χ4n) is 3.68. The minimum Gasteiger partial charge on any atom is -0.494 e. The van der Waals surface area contributed by atoms with Crippen LogP contribution >= 0.6 is 0 Å². The van der Waals surface area contributed by atoms with Crippen LogP contribution in [0.15, 0.2) is 24.3 Å². The van der Waals surface area contributed by atoms with Crippen molar-refractivity contribution in [1.82, 2.24) is 0 Å². The molecule has 1 heteroatoms. The second-order valence-corrected chi connectivity index (χ2v) is 8.20. The van der Waals surface area contributed by atoms with E-state index in [-0.39, 0.29) is 0 Å². The smallest absolute Gasteiger partial charge is 0.119 e. The van der Waals surface area contributed by atoms with Crippen LogP contribution in [0.4, 0.5) is 0 Å². The van der Waals surface area contributed by atoms with E-state index in [0.29, 0.717) is 0 Å². The van der Waals surface area contributed by atoms with Crippen molar-refractivity contribution in [1.29, 1.82) is 0 Å². The molecule has 0 aliphatic rings. The normalized spacial score (nSPS) is 11.0. The van der Waals surface area contributed by atoms with Gasteiger partial charge in [-0.2, -0.15) is 0 Å². The Bertz CT molecular complexity index is 426. The number of hydrogen-bond acceptors (Lipinski definition) is 1. The first kappa shape index (κ1) is 24.1. The Morgan fingerprint density at radius 3 is 1.70 bits per heavy atom. The fourth-order valence-corrected chi connectivity index (χ4v) is 3.68. The number of rotatable bonds is 19. The van der Waals surface area contributed by atoms with E-state index in [4.69, 9.17) is 4.74 Å². The first-order chi connectivity index (χ1) is 13.4. The molecule has 0 atom stereocenters. The van der Waals surface area contributed by atoms with Gasteiger partial charge in [0, 0.05) is 0 Å². The molecule has 0 radical (unpaired) electrons. The number of benzene rings is 1. The van der Waals surface area contributed by atoms with E-state index < -0.39 is 0 Å². The van der Waals surface area contributed by atoms with Crippen molar-refractivity contribution in [3.63, 3.8) is 0 Å². The Morgan fingerprint density at radius 2 is 1.11 bits per heavy atom. The molecule has 0 fully saturated rings. The van der Waals surface area contributed by atoms with E-state index in [1.54, 1.807) is 0 Å². The molecule has 156 valence electrons. The standard InChI is InChI=1S/C26H46O/c1-3-5-7-9-10-11-12-13-14-15-16-18-23-27-26-22-19-21-25(24-26)20-17-8-6-4-2/h19,21-22,24H,3-18,20,23H2,1-2H3. The molecular formula is C26H46O. The van der Waals surface area contributed by atoms with Crippen LogP contribution in [0.25, 0.3) is 0 Å². The van der Waals surface area contributed by atoms with Gasteiger partial charge in [-0.3, -0.25) is 0 Å². The second-order valence-electron chi connectivity index (χ2n) is 8.20. The summed E-state index contributed by atoms with van der Waals surface area (Å²) in [4.78, 5) is 0. The maximum Gasteiger partial charge on any atom is 0.119 e. The van der Waals surface area contributed by atoms with Crippen LogP contribution in [-0.2, 0) is 6.42 Å². The molecular weight excluding hydrogens is 328 g/mol. The van der Waals surface area contributed by atoms with Crippen molar-refractivity contribution < 1.29 is 4.74 Å². The molecule has 0 unspecified atom stereocenters. The Morgan fingerprint density at radius 1 is 0.593 bits per heavy atom. The largest absolute Gasteiger partial charge is 0.494 e. The number of hydrogen-bond donors (Lipinski definition) is 0. The Hall–Kier alpha value is -0.980. The lowest BCUT2D eigenvalue weighted by atomic mass is 10.1. The SMILES string of the molecule is CCCCCCCCCCCCCCOc1cccc(CCCCCC)c1. The maximum atomic E-state index is 5.97. The van der Waals surface area contributed by atoms with Crippen LogP contribution in [0, 0.1) is 0 Å². The predicted octanol–water partition coefficient (Wildman–Crippen LogP) is 8.89. The van der Waals surface area contributed by atoms with Crippen LogP contribution in [0.1, 0.15) is 122 Å². The Kier molecular flexibility index (Phi) is 16.4. The van der Waals surface area contributed by atoms with Gasteiger partial charge in [0.25, 0.3) is 0 Å². The number of aryl methyl sites for hydroxylation is 1. The first-order valence-corrected chi connectivity index (χ1v) is 12.1. The van der Waals surface area contributed by atoms with Gasteiger partial charge < -0.3 is 4.74 Å². The summed E-state index contributed by atoms with van der Waals surface area (Å²) in [5.74, 6) is 1.06. The Balaban J connectivity index is 1.93. The van der Waals surface area contributed by atoms with E-state index in [2.05, 4.69) is 38.1 Å². The molecule has 1 aromatic carbocycles. The zero-order valence-electron chi connectivity index (χ0n) is 18.4. The van der Waals surface area contributed by atoms with Gasteiger partial charge in [0.2, 0.25) is 0 Å². The van der Waals surface area contributed by atoms with Gasteiger partial charge in [-0.1, -0.05) is 116 Å². The minimum absolute atomic E-state index is 0.872. The average molecular weight is 375 g/mol. The van der Waals surface area contributed by atoms with Crippen molar-refractivity contribution in [3.05, 3.63) is 29.8 Å². The molecule has 1 rings (SSSR count). The summed E-state index contributed by atoms with van der Waals surface area (Å²) in [6.45, 7) is 5.43. The quantitative estimate of drug-likeness (QED) is 0.220. The van der Waals surface area contributed by atoms with Crippen molar-refractivity contribution in [3.8, 4) is 5.75 Å². The molecule has 0 bridgehead atoms. The van der Waals surface area contributed by atoms with Crippen LogP contribution in [0.5, 0.6) is 5.75 Å². The van der Waals surface area contributed by atoms with Crippen LogP contribution in [0.2, 0.25) is 0 Å². The lowest BCUT2D eigenvalue weighted by Crippen LogP contribution is -1.98. The highest BCUT2D eigenvalue weighted by atomic mass is 16.5. The van der Waals surface area contributed by atoms with Crippen LogP contribution < -0.4 is 4.74 Å².